The van der Waals surface area contributed by atoms with Crippen molar-refractivity contribution < 1.29 is 9.18 Å². The van der Waals surface area contributed by atoms with E-state index in [1.54, 1.807) is 6.07 Å². The van der Waals surface area contributed by atoms with E-state index < -0.39 is 5.82 Å². The van der Waals surface area contributed by atoms with Crippen molar-refractivity contribution in [2.75, 3.05) is 5.32 Å². The van der Waals surface area contributed by atoms with Gasteiger partial charge in [-0.15, -0.1) is 0 Å². The highest BCUT2D eigenvalue weighted by Gasteiger charge is 2.30. The molecule has 0 unspecified atom stereocenters. The molecule has 1 saturated carbocycles. The lowest BCUT2D eigenvalue weighted by atomic mass is 10.2. The SMILES string of the molecule is N#Cc1cc2sc(NC(=O)C3CC3)nc2cc1F. The molecule has 0 atom stereocenters. The number of hydrogen-bond donors (Lipinski definition) is 1. The second-order valence-corrected chi connectivity index (χ2v) is 5.22. The zero-order chi connectivity index (χ0) is 12.7. The average Bonchev–Trinajstić information content (AvgIpc) is 3.11. The molecule has 6 heteroatoms. The number of amides is 1. The Balaban J connectivity index is 1.95. The smallest absolute Gasteiger partial charge is 0.229 e. The zero-order valence-corrected chi connectivity index (χ0v) is 10.1. The predicted octanol–water partition coefficient (Wildman–Crippen LogP) is 2.66. The number of anilines is 1. The Hall–Kier alpha value is -2.00. The Morgan fingerprint density at radius 3 is 3.00 bits per heavy atom. The molecule has 1 N–H and O–H groups in total. The third-order valence-corrected chi connectivity index (χ3v) is 3.71. The van der Waals surface area contributed by atoms with Gasteiger partial charge in [-0.2, -0.15) is 5.26 Å². The molecule has 0 bridgehead atoms. The van der Waals surface area contributed by atoms with E-state index in [0.717, 1.165) is 12.8 Å². The summed E-state index contributed by atoms with van der Waals surface area (Å²) in [5.74, 6) is -0.520. The molecule has 1 heterocycles. The highest BCUT2D eigenvalue weighted by atomic mass is 32.1. The summed E-state index contributed by atoms with van der Waals surface area (Å²) in [6.45, 7) is 0. The summed E-state index contributed by atoms with van der Waals surface area (Å²) in [5.41, 5.74) is 0.453. The van der Waals surface area contributed by atoms with Crippen LogP contribution in [0.4, 0.5) is 9.52 Å². The summed E-state index contributed by atoms with van der Waals surface area (Å²) < 4.78 is 14.1. The van der Waals surface area contributed by atoms with Crippen LogP contribution in [0.2, 0.25) is 0 Å². The standard InChI is InChI=1S/C12H8FN3OS/c13-8-4-9-10(3-7(8)5-14)18-12(15-9)16-11(17)6-1-2-6/h3-4,6H,1-2H2,(H,15,16,17). The minimum absolute atomic E-state index is 0.00813. The lowest BCUT2D eigenvalue weighted by Crippen LogP contribution is -2.12. The largest absolute Gasteiger partial charge is 0.302 e. The van der Waals surface area contributed by atoms with Gasteiger partial charge in [-0.05, 0) is 18.9 Å². The van der Waals surface area contributed by atoms with E-state index in [1.807, 2.05) is 0 Å². The molecule has 0 spiro atoms. The van der Waals surface area contributed by atoms with E-state index in [1.165, 1.54) is 23.5 Å². The molecule has 18 heavy (non-hydrogen) atoms. The second kappa shape index (κ2) is 4.03. The van der Waals surface area contributed by atoms with Crippen LogP contribution < -0.4 is 5.32 Å². The van der Waals surface area contributed by atoms with E-state index in [0.29, 0.717) is 15.3 Å². The molecule has 1 aliphatic rings. The Kier molecular flexibility index (Phi) is 2.49. The normalized spacial score (nSPS) is 14.4. The summed E-state index contributed by atoms with van der Waals surface area (Å²) in [5, 5.41) is 11.9. The van der Waals surface area contributed by atoms with Crippen molar-refractivity contribution in [3.05, 3.63) is 23.5 Å². The molecular formula is C12H8FN3OS. The van der Waals surface area contributed by atoms with Gasteiger partial charge in [0.15, 0.2) is 5.13 Å². The third-order valence-electron chi connectivity index (χ3n) is 2.78. The number of nitrogens with zero attached hydrogens (tertiary/aromatic N) is 2. The highest BCUT2D eigenvalue weighted by molar-refractivity contribution is 7.22. The zero-order valence-electron chi connectivity index (χ0n) is 9.24. The highest BCUT2D eigenvalue weighted by Crippen LogP contribution is 2.32. The number of aromatic nitrogens is 1. The monoisotopic (exact) mass is 261 g/mol. The Morgan fingerprint density at radius 2 is 2.33 bits per heavy atom. The Labute approximate surface area is 106 Å². The number of fused-ring (bicyclic) bond motifs is 1. The van der Waals surface area contributed by atoms with Gasteiger partial charge < -0.3 is 5.32 Å². The van der Waals surface area contributed by atoms with Gasteiger partial charge >= 0.3 is 0 Å². The van der Waals surface area contributed by atoms with Gasteiger partial charge in [-0.3, -0.25) is 4.79 Å². The fraction of sp³-hybridized carbons (Fsp3) is 0.250. The lowest BCUT2D eigenvalue weighted by Gasteiger charge is -1.96. The summed E-state index contributed by atoms with van der Waals surface area (Å²) in [6, 6.07) is 4.46. The molecule has 3 rings (SSSR count). The number of nitriles is 1. The minimum atomic E-state index is -0.588. The number of carbonyl (C=O) groups excluding carboxylic acids is 1. The van der Waals surface area contributed by atoms with Crippen LogP contribution >= 0.6 is 11.3 Å². The van der Waals surface area contributed by atoms with Gasteiger partial charge in [0.25, 0.3) is 0 Å². The molecule has 2 aromatic rings. The minimum Gasteiger partial charge on any atom is -0.302 e. The molecule has 1 aliphatic carbocycles. The predicted molar refractivity (Wildman–Crippen MR) is 65.6 cm³/mol. The fourth-order valence-corrected chi connectivity index (χ4v) is 2.53. The molecule has 1 aromatic carbocycles. The van der Waals surface area contributed by atoms with Gasteiger partial charge in [0.2, 0.25) is 5.91 Å². The second-order valence-electron chi connectivity index (χ2n) is 4.19. The lowest BCUT2D eigenvalue weighted by molar-refractivity contribution is -0.117. The number of benzene rings is 1. The number of rotatable bonds is 2. The number of nitrogens with one attached hydrogen (secondary N) is 1. The van der Waals surface area contributed by atoms with Crippen molar-refractivity contribution in [3.63, 3.8) is 0 Å². The molecule has 90 valence electrons. The maximum absolute atomic E-state index is 13.4. The van der Waals surface area contributed by atoms with Gasteiger partial charge in [-0.1, -0.05) is 11.3 Å². The molecule has 0 radical (unpaired) electrons. The summed E-state index contributed by atoms with van der Waals surface area (Å²) >= 11 is 1.25. The molecule has 1 aromatic heterocycles. The first-order chi connectivity index (χ1) is 8.67. The summed E-state index contributed by atoms with van der Waals surface area (Å²) in [4.78, 5) is 15.7. The van der Waals surface area contributed by atoms with Crippen molar-refractivity contribution in [1.29, 1.82) is 5.26 Å². The van der Waals surface area contributed by atoms with E-state index in [9.17, 15) is 9.18 Å². The number of hydrogen-bond acceptors (Lipinski definition) is 4. The number of halogens is 1. The Morgan fingerprint density at radius 1 is 1.56 bits per heavy atom. The molecule has 1 amide bonds. The molecule has 1 fully saturated rings. The van der Waals surface area contributed by atoms with Crippen LogP contribution in [0.3, 0.4) is 0 Å². The average molecular weight is 261 g/mol. The van der Waals surface area contributed by atoms with Crippen LogP contribution in [0.5, 0.6) is 0 Å². The van der Waals surface area contributed by atoms with E-state index in [4.69, 9.17) is 5.26 Å². The molecular weight excluding hydrogens is 253 g/mol. The third kappa shape index (κ3) is 1.93. The van der Waals surface area contributed by atoms with Crippen LogP contribution in [0.15, 0.2) is 12.1 Å². The number of carbonyl (C=O) groups is 1. The Bertz CT molecular complexity index is 684. The fourth-order valence-electron chi connectivity index (χ4n) is 1.64. The first kappa shape index (κ1) is 11.1. The number of thiazole rings is 1. The van der Waals surface area contributed by atoms with E-state index in [-0.39, 0.29) is 17.4 Å². The van der Waals surface area contributed by atoms with Crippen molar-refractivity contribution in [3.8, 4) is 6.07 Å². The van der Waals surface area contributed by atoms with Gasteiger partial charge in [0, 0.05) is 12.0 Å². The summed E-state index contributed by atoms with van der Waals surface area (Å²) in [7, 11) is 0. The van der Waals surface area contributed by atoms with Crippen LogP contribution in [0, 0.1) is 23.1 Å². The maximum Gasteiger partial charge on any atom is 0.229 e. The first-order valence-corrected chi connectivity index (χ1v) is 6.30. The summed E-state index contributed by atoms with van der Waals surface area (Å²) in [6.07, 6.45) is 1.84. The van der Waals surface area contributed by atoms with Crippen LogP contribution in [-0.4, -0.2) is 10.9 Å². The molecule has 0 aliphatic heterocycles. The molecule has 0 saturated heterocycles. The van der Waals surface area contributed by atoms with Crippen LogP contribution in [0.1, 0.15) is 18.4 Å². The van der Waals surface area contributed by atoms with Crippen molar-refractivity contribution in [2.24, 2.45) is 5.92 Å². The first-order valence-electron chi connectivity index (χ1n) is 5.48. The quantitative estimate of drug-likeness (QED) is 0.903. The van der Waals surface area contributed by atoms with E-state index in [2.05, 4.69) is 10.3 Å². The van der Waals surface area contributed by atoms with Crippen LogP contribution in [0.25, 0.3) is 10.2 Å². The van der Waals surface area contributed by atoms with Gasteiger partial charge in [0.05, 0.1) is 15.8 Å². The topological polar surface area (TPSA) is 65.8 Å². The van der Waals surface area contributed by atoms with Gasteiger partial charge in [-0.25, -0.2) is 9.37 Å². The van der Waals surface area contributed by atoms with E-state index >= 15 is 0 Å². The van der Waals surface area contributed by atoms with Crippen LogP contribution in [-0.2, 0) is 4.79 Å². The molecule has 4 nitrogen and oxygen atoms in total. The van der Waals surface area contributed by atoms with Crippen molar-refractivity contribution in [1.82, 2.24) is 4.98 Å². The van der Waals surface area contributed by atoms with Gasteiger partial charge in [0.1, 0.15) is 11.9 Å². The maximum atomic E-state index is 13.4. The van der Waals surface area contributed by atoms with Crippen molar-refractivity contribution >= 4 is 32.6 Å². The van der Waals surface area contributed by atoms with Crippen molar-refractivity contribution in [2.45, 2.75) is 12.8 Å².